The molecule has 1 aliphatic rings. The molecule has 0 atom stereocenters. The summed E-state index contributed by atoms with van der Waals surface area (Å²) >= 11 is 0. The SMILES string of the molecule is Cc1nc2c(c(=O)n1C)CN(c1cc(C#N)ccn1)CC2. The second-order valence-corrected chi connectivity index (χ2v) is 5.13. The van der Waals surface area contributed by atoms with Crippen molar-refractivity contribution in [1.82, 2.24) is 14.5 Å². The third kappa shape index (κ3) is 2.27. The highest BCUT2D eigenvalue weighted by Gasteiger charge is 2.22. The van der Waals surface area contributed by atoms with Gasteiger partial charge in [-0.05, 0) is 19.1 Å². The van der Waals surface area contributed by atoms with Gasteiger partial charge in [-0.3, -0.25) is 9.36 Å². The van der Waals surface area contributed by atoms with Crippen LogP contribution < -0.4 is 10.5 Å². The molecular formula is C15H15N5O. The number of nitrogens with zero attached hydrogens (tertiary/aromatic N) is 5. The molecule has 21 heavy (non-hydrogen) atoms. The van der Waals surface area contributed by atoms with Gasteiger partial charge in [0.2, 0.25) is 0 Å². The van der Waals surface area contributed by atoms with E-state index in [1.807, 2.05) is 11.8 Å². The lowest BCUT2D eigenvalue weighted by Gasteiger charge is -2.29. The molecule has 0 amide bonds. The van der Waals surface area contributed by atoms with E-state index in [2.05, 4.69) is 16.0 Å². The Balaban J connectivity index is 2.00. The summed E-state index contributed by atoms with van der Waals surface area (Å²) in [5.41, 5.74) is 2.17. The maximum atomic E-state index is 12.4. The predicted octanol–water partition coefficient (Wildman–Crippen LogP) is 0.918. The van der Waals surface area contributed by atoms with Gasteiger partial charge in [-0.1, -0.05) is 0 Å². The topological polar surface area (TPSA) is 74.8 Å². The Labute approximate surface area is 122 Å². The quantitative estimate of drug-likeness (QED) is 0.777. The van der Waals surface area contributed by atoms with Crippen LogP contribution in [0.4, 0.5) is 5.82 Å². The van der Waals surface area contributed by atoms with Gasteiger partial charge < -0.3 is 4.90 Å². The van der Waals surface area contributed by atoms with E-state index in [0.29, 0.717) is 18.5 Å². The summed E-state index contributed by atoms with van der Waals surface area (Å²) in [7, 11) is 1.73. The fraction of sp³-hybridized carbons (Fsp3) is 0.333. The number of rotatable bonds is 1. The van der Waals surface area contributed by atoms with Gasteiger partial charge in [0.05, 0.1) is 29.4 Å². The number of nitriles is 1. The molecule has 0 aliphatic carbocycles. The lowest BCUT2D eigenvalue weighted by Crippen LogP contribution is -2.38. The summed E-state index contributed by atoms with van der Waals surface area (Å²) < 4.78 is 1.57. The van der Waals surface area contributed by atoms with Gasteiger partial charge in [0.15, 0.2) is 0 Å². The average Bonchev–Trinajstić information content (AvgIpc) is 2.52. The number of pyridine rings is 1. The highest BCUT2D eigenvalue weighted by molar-refractivity contribution is 5.47. The fourth-order valence-corrected chi connectivity index (χ4v) is 2.54. The molecule has 0 N–H and O–H groups in total. The Morgan fingerprint density at radius 2 is 2.24 bits per heavy atom. The van der Waals surface area contributed by atoms with Crippen LogP contribution in [0.2, 0.25) is 0 Å². The number of hydrogen-bond acceptors (Lipinski definition) is 5. The molecule has 3 heterocycles. The second kappa shape index (κ2) is 5.02. The lowest BCUT2D eigenvalue weighted by molar-refractivity contribution is 0.650. The first-order chi connectivity index (χ1) is 10.1. The molecule has 6 nitrogen and oxygen atoms in total. The van der Waals surface area contributed by atoms with Crippen LogP contribution in [0.3, 0.4) is 0 Å². The number of hydrogen-bond donors (Lipinski definition) is 0. The van der Waals surface area contributed by atoms with Crippen molar-refractivity contribution in [3.05, 3.63) is 51.3 Å². The summed E-state index contributed by atoms with van der Waals surface area (Å²) in [6.45, 7) is 3.07. The Kier molecular flexibility index (Phi) is 3.18. The van der Waals surface area contributed by atoms with Crippen LogP contribution in [0.25, 0.3) is 0 Å². The first-order valence-corrected chi connectivity index (χ1v) is 6.76. The average molecular weight is 281 g/mol. The fourth-order valence-electron chi connectivity index (χ4n) is 2.54. The first-order valence-electron chi connectivity index (χ1n) is 6.76. The van der Waals surface area contributed by atoms with E-state index in [4.69, 9.17) is 5.26 Å². The number of anilines is 1. The summed E-state index contributed by atoms with van der Waals surface area (Å²) in [6.07, 6.45) is 2.33. The molecule has 6 heteroatoms. The molecule has 0 bridgehead atoms. The van der Waals surface area contributed by atoms with Crippen molar-refractivity contribution >= 4 is 5.82 Å². The third-order valence-electron chi connectivity index (χ3n) is 3.86. The van der Waals surface area contributed by atoms with Gasteiger partial charge in [0, 0.05) is 26.2 Å². The van der Waals surface area contributed by atoms with Crippen molar-refractivity contribution in [1.29, 1.82) is 5.26 Å². The van der Waals surface area contributed by atoms with E-state index >= 15 is 0 Å². The number of fused-ring (bicyclic) bond motifs is 1. The normalized spacial score (nSPS) is 13.7. The van der Waals surface area contributed by atoms with Gasteiger partial charge in [0.1, 0.15) is 11.6 Å². The highest BCUT2D eigenvalue weighted by atomic mass is 16.1. The Morgan fingerprint density at radius 1 is 1.43 bits per heavy atom. The molecule has 3 rings (SSSR count). The van der Waals surface area contributed by atoms with Gasteiger partial charge >= 0.3 is 0 Å². The molecule has 0 spiro atoms. The van der Waals surface area contributed by atoms with Crippen molar-refractivity contribution in [2.75, 3.05) is 11.4 Å². The summed E-state index contributed by atoms with van der Waals surface area (Å²) in [4.78, 5) is 23.2. The van der Waals surface area contributed by atoms with Crippen LogP contribution in [0, 0.1) is 18.3 Å². The van der Waals surface area contributed by atoms with Gasteiger partial charge in [-0.25, -0.2) is 9.97 Å². The Morgan fingerprint density at radius 3 is 3.00 bits per heavy atom. The van der Waals surface area contributed by atoms with E-state index in [-0.39, 0.29) is 5.56 Å². The highest BCUT2D eigenvalue weighted by Crippen LogP contribution is 2.20. The lowest BCUT2D eigenvalue weighted by atomic mass is 10.1. The van der Waals surface area contributed by atoms with Crippen LogP contribution in [-0.4, -0.2) is 21.1 Å². The zero-order valence-corrected chi connectivity index (χ0v) is 12.0. The number of aromatic nitrogens is 3. The minimum atomic E-state index is -0.00126. The van der Waals surface area contributed by atoms with Crippen molar-refractivity contribution in [3.63, 3.8) is 0 Å². The monoisotopic (exact) mass is 281 g/mol. The molecule has 0 saturated heterocycles. The smallest absolute Gasteiger partial charge is 0.258 e. The largest absolute Gasteiger partial charge is 0.352 e. The second-order valence-electron chi connectivity index (χ2n) is 5.13. The van der Waals surface area contributed by atoms with E-state index in [1.54, 1.807) is 29.9 Å². The van der Waals surface area contributed by atoms with Gasteiger partial charge in [-0.15, -0.1) is 0 Å². The van der Waals surface area contributed by atoms with Gasteiger partial charge in [-0.2, -0.15) is 5.26 Å². The van der Waals surface area contributed by atoms with E-state index in [9.17, 15) is 4.79 Å². The van der Waals surface area contributed by atoms with E-state index in [0.717, 1.165) is 29.4 Å². The zero-order valence-electron chi connectivity index (χ0n) is 12.0. The van der Waals surface area contributed by atoms with Crippen LogP contribution in [0.15, 0.2) is 23.1 Å². The minimum Gasteiger partial charge on any atom is -0.352 e. The third-order valence-corrected chi connectivity index (χ3v) is 3.86. The summed E-state index contributed by atoms with van der Waals surface area (Å²) in [5, 5.41) is 8.97. The van der Waals surface area contributed by atoms with Crippen LogP contribution >= 0.6 is 0 Å². The van der Waals surface area contributed by atoms with E-state index < -0.39 is 0 Å². The maximum absolute atomic E-state index is 12.4. The molecule has 0 unspecified atom stereocenters. The maximum Gasteiger partial charge on any atom is 0.258 e. The molecule has 106 valence electrons. The van der Waals surface area contributed by atoms with E-state index in [1.165, 1.54) is 0 Å². The van der Waals surface area contributed by atoms with Crippen LogP contribution in [-0.2, 0) is 20.0 Å². The molecule has 0 aromatic carbocycles. The molecule has 2 aromatic heterocycles. The van der Waals surface area contributed by atoms with Crippen molar-refractivity contribution in [2.45, 2.75) is 19.9 Å². The van der Waals surface area contributed by atoms with Gasteiger partial charge in [0.25, 0.3) is 5.56 Å². The van der Waals surface area contributed by atoms with Crippen molar-refractivity contribution < 1.29 is 0 Å². The standard InChI is InChI=1S/C15H15N5O/c1-10-18-13-4-6-20(9-12(13)15(21)19(10)2)14-7-11(8-16)3-5-17-14/h3,5,7H,4,6,9H2,1-2H3. The Hall–Kier alpha value is -2.68. The Bertz CT molecular complexity index is 803. The zero-order chi connectivity index (χ0) is 15.0. The molecular weight excluding hydrogens is 266 g/mol. The van der Waals surface area contributed by atoms with Crippen LogP contribution in [0.1, 0.15) is 22.6 Å². The van der Waals surface area contributed by atoms with Crippen molar-refractivity contribution in [2.24, 2.45) is 7.05 Å². The molecule has 2 aromatic rings. The molecule has 1 aliphatic heterocycles. The summed E-state index contributed by atoms with van der Waals surface area (Å²) in [5.74, 6) is 1.46. The molecule has 0 fully saturated rings. The first kappa shape index (κ1) is 13.3. The predicted molar refractivity (Wildman–Crippen MR) is 77.9 cm³/mol. The molecule has 0 radical (unpaired) electrons. The van der Waals surface area contributed by atoms with Crippen molar-refractivity contribution in [3.8, 4) is 6.07 Å². The van der Waals surface area contributed by atoms with Crippen LogP contribution in [0.5, 0.6) is 0 Å². The summed E-state index contributed by atoms with van der Waals surface area (Å²) in [6, 6.07) is 5.53. The molecule has 0 saturated carbocycles. The number of aryl methyl sites for hydroxylation is 1. The minimum absolute atomic E-state index is 0.00126.